The van der Waals surface area contributed by atoms with Crippen LogP contribution in [0.25, 0.3) is 0 Å². The Labute approximate surface area is 93.7 Å². The van der Waals surface area contributed by atoms with Crippen molar-refractivity contribution in [2.45, 2.75) is 6.29 Å². The molecule has 0 atom stereocenters. The molecule has 1 aromatic carbocycles. The molecule has 4 nitrogen and oxygen atoms in total. The van der Waals surface area contributed by atoms with Gasteiger partial charge in [0.25, 0.3) is 0 Å². The average molecular weight is 220 g/mol. The summed E-state index contributed by atoms with van der Waals surface area (Å²) >= 11 is 0. The molecule has 1 aliphatic heterocycles. The van der Waals surface area contributed by atoms with Crippen LogP contribution in [0.15, 0.2) is 46.9 Å². The Kier molecular flexibility index (Phi) is 2.85. The van der Waals surface area contributed by atoms with Crippen LogP contribution in [0.3, 0.4) is 0 Å². The SMILES string of the molecule is CN1C=CN(C)C1N=Nc1ccc(F)cc1. The molecule has 1 aliphatic rings. The van der Waals surface area contributed by atoms with Crippen molar-refractivity contribution in [3.63, 3.8) is 0 Å². The molecule has 0 bridgehead atoms. The van der Waals surface area contributed by atoms with Gasteiger partial charge in [0.2, 0.25) is 6.29 Å². The molecule has 0 saturated heterocycles. The summed E-state index contributed by atoms with van der Waals surface area (Å²) in [7, 11) is 3.85. The molecule has 0 unspecified atom stereocenters. The summed E-state index contributed by atoms with van der Waals surface area (Å²) < 4.78 is 12.7. The van der Waals surface area contributed by atoms with Crippen LogP contribution in [-0.4, -0.2) is 30.2 Å². The highest BCUT2D eigenvalue weighted by molar-refractivity contribution is 5.35. The second kappa shape index (κ2) is 4.30. The second-order valence-corrected chi connectivity index (χ2v) is 3.67. The quantitative estimate of drug-likeness (QED) is 0.717. The van der Waals surface area contributed by atoms with E-state index in [2.05, 4.69) is 10.2 Å². The van der Waals surface area contributed by atoms with Crippen LogP contribution < -0.4 is 0 Å². The molecule has 0 aromatic heterocycles. The first-order chi connectivity index (χ1) is 7.66. The second-order valence-electron chi connectivity index (χ2n) is 3.67. The monoisotopic (exact) mass is 220 g/mol. The van der Waals surface area contributed by atoms with E-state index < -0.39 is 0 Å². The van der Waals surface area contributed by atoms with Crippen molar-refractivity contribution in [3.05, 3.63) is 42.5 Å². The fraction of sp³-hybridized carbons (Fsp3) is 0.273. The smallest absolute Gasteiger partial charge is 0.217 e. The standard InChI is InChI=1S/C11H13FN4/c1-15-7-8-16(2)11(15)14-13-10-5-3-9(12)4-6-10/h3-8,11H,1-2H3. The molecule has 0 saturated carbocycles. The Morgan fingerprint density at radius 1 is 1.06 bits per heavy atom. The Hall–Kier alpha value is -1.91. The lowest BCUT2D eigenvalue weighted by molar-refractivity contribution is 0.206. The fourth-order valence-electron chi connectivity index (χ4n) is 1.44. The number of rotatable bonds is 2. The van der Waals surface area contributed by atoms with Crippen molar-refractivity contribution in [1.29, 1.82) is 0 Å². The van der Waals surface area contributed by atoms with E-state index in [9.17, 15) is 4.39 Å². The Morgan fingerprint density at radius 3 is 2.19 bits per heavy atom. The molecule has 1 aromatic rings. The summed E-state index contributed by atoms with van der Waals surface area (Å²) in [6, 6.07) is 5.94. The van der Waals surface area contributed by atoms with E-state index in [0.717, 1.165) is 0 Å². The fourth-order valence-corrected chi connectivity index (χ4v) is 1.44. The van der Waals surface area contributed by atoms with Crippen molar-refractivity contribution in [3.8, 4) is 0 Å². The summed E-state index contributed by atoms with van der Waals surface area (Å²) in [4.78, 5) is 3.88. The Morgan fingerprint density at radius 2 is 1.62 bits per heavy atom. The van der Waals surface area contributed by atoms with Crippen LogP contribution in [0.4, 0.5) is 10.1 Å². The highest BCUT2D eigenvalue weighted by atomic mass is 19.1. The van der Waals surface area contributed by atoms with Crippen LogP contribution >= 0.6 is 0 Å². The average Bonchev–Trinajstić information content (AvgIpc) is 2.59. The summed E-state index contributed by atoms with van der Waals surface area (Å²) in [5.74, 6) is -0.268. The minimum absolute atomic E-state index is 0.120. The van der Waals surface area contributed by atoms with Crippen molar-refractivity contribution >= 4 is 5.69 Å². The van der Waals surface area contributed by atoms with Crippen molar-refractivity contribution in [1.82, 2.24) is 9.80 Å². The number of nitrogens with zero attached hydrogens (tertiary/aromatic N) is 4. The minimum atomic E-state index is -0.268. The van der Waals surface area contributed by atoms with Crippen molar-refractivity contribution in [2.75, 3.05) is 14.1 Å². The van der Waals surface area contributed by atoms with Crippen LogP contribution in [0, 0.1) is 5.82 Å². The maximum atomic E-state index is 12.7. The lowest BCUT2D eigenvalue weighted by atomic mass is 10.3. The molecule has 1 heterocycles. The normalized spacial score (nSPS) is 16.7. The summed E-state index contributed by atoms with van der Waals surface area (Å²) in [6.07, 6.45) is 3.73. The van der Waals surface area contributed by atoms with Crippen molar-refractivity contribution in [2.24, 2.45) is 10.2 Å². The predicted octanol–water partition coefficient (Wildman–Crippen LogP) is 2.54. The largest absolute Gasteiger partial charge is 0.340 e. The maximum Gasteiger partial charge on any atom is 0.217 e. The molecule has 16 heavy (non-hydrogen) atoms. The molecular weight excluding hydrogens is 207 g/mol. The molecule has 0 fully saturated rings. The zero-order chi connectivity index (χ0) is 11.5. The van der Waals surface area contributed by atoms with Gasteiger partial charge in [-0.15, -0.1) is 5.11 Å². The number of hydrogen-bond acceptors (Lipinski definition) is 4. The number of hydrogen-bond donors (Lipinski definition) is 0. The lowest BCUT2D eigenvalue weighted by Gasteiger charge is -2.21. The van der Waals surface area contributed by atoms with Crippen LogP contribution in [-0.2, 0) is 0 Å². The van der Waals surface area contributed by atoms with E-state index in [0.29, 0.717) is 5.69 Å². The van der Waals surface area contributed by atoms with Gasteiger partial charge in [-0.3, -0.25) is 0 Å². The molecule has 5 heteroatoms. The van der Waals surface area contributed by atoms with E-state index in [-0.39, 0.29) is 12.1 Å². The van der Waals surface area contributed by atoms with Gasteiger partial charge >= 0.3 is 0 Å². The highest BCUT2D eigenvalue weighted by Gasteiger charge is 2.18. The van der Waals surface area contributed by atoms with Gasteiger partial charge < -0.3 is 9.80 Å². The molecule has 0 spiro atoms. The van der Waals surface area contributed by atoms with E-state index in [1.54, 1.807) is 12.1 Å². The van der Waals surface area contributed by atoms with Gasteiger partial charge in [-0.25, -0.2) is 4.39 Å². The van der Waals surface area contributed by atoms with Crippen LogP contribution in [0.1, 0.15) is 0 Å². The Balaban J connectivity index is 2.07. The third-order valence-corrected chi connectivity index (χ3v) is 2.37. The van der Waals surface area contributed by atoms with Gasteiger partial charge in [-0.05, 0) is 24.3 Å². The van der Waals surface area contributed by atoms with Gasteiger partial charge in [0.1, 0.15) is 5.82 Å². The molecule has 2 rings (SSSR count). The summed E-state index contributed by atoms with van der Waals surface area (Å²) in [5, 5.41) is 8.24. The summed E-state index contributed by atoms with van der Waals surface area (Å²) in [5.41, 5.74) is 0.648. The van der Waals surface area contributed by atoms with Crippen molar-refractivity contribution < 1.29 is 4.39 Å². The molecule has 0 radical (unpaired) electrons. The predicted molar refractivity (Wildman–Crippen MR) is 59.4 cm³/mol. The van der Waals surface area contributed by atoms with Crippen LogP contribution in [0.5, 0.6) is 0 Å². The first-order valence-electron chi connectivity index (χ1n) is 4.95. The van der Waals surface area contributed by atoms with Gasteiger partial charge in [0.05, 0.1) is 5.69 Å². The minimum Gasteiger partial charge on any atom is -0.340 e. The topological polar surface area (TPSA) is 31.2 Å². The van der Waals surface area contributed by atoms with Gasteiger partial charge in [-0.2, -0.15) is 5.11 Å². The number of halogens is 1. The third-order valence-electron chi connectivity index (χ3n) is 2.37. The Bertz CT molecular complexity index is 400. The van der Waals surface area contributed by atoms with Gasteiger partial charge in [0.15, 0.2) is 0 Å². The number of benzene rings is 1. The number of azo groups is 1. The van der Waals surface area contributed by atoms with Gasteiger partial charge in [-0.1, -0.05) is 0 Å². The zero-order valence-corrected chi connectivity index (χ0v) is 9.21. The molecule has 84 valence electrons. The maximum absolute atomic E-state index is 12.7. The third kappa shape index (κ3) is 2.18. The van der Waals surface area contributed by atoms with E-state index in [4.69, 9.17) is 0 Å². The highest BCUT2D eigenvalue weighted by Crippen LogP contribution is 2.17. The molecule has 0 aliphatic carbocycles. The van der Waals surface area contributed by atoms with E-state index in [1.807, 2.05) is 36.3 Å². The van der Waals surface area contributed by atoms with E-state index in [1.165, 1.54) is 12.1 Å². The van der Waals surface area contributed by atoms with Crippen LogP contribution in [0.2, 0.25) is 0 Å². The van der Waals surface area contributed by atoms with Gasteiger partial charge in [0, 0.05) is 26.5 Å². The lowest BCUT2D eigenvalue weighted by Crippen LogP contribution is -2.31. The molecule has 0 amide bonds. The summed E-state index contributed by atoms with van der Waals surface area (Å²) in [6.45, 7) is 0. The zero-order valence-electron chi connectivity index (χ0n) is 9.21. The van der Waals surface area contributed by atoms with E-state index >= 15 is 0 Å². The molecule has 0 N–H and O–H groups in total. The first-order valence-corrected chi connectivity index (χ1v) is 4.95. The molecular formula is C11H13FN4. The first kappa shape index (κ1) is 10.6.